The van der Waals surface area contributed by atoms with Gasteiger partial charge < -0.3 is 10.0 Å². The van der Waals surface area contributed by atoms with Crippen LogP contribution < -0.4 is 0 Å². The minimum absolute atomic E-state index is 0.0284. The Morgan fingerprint density at radius 3 is 2.53 bits per heavy atom. The Balaban J connectivity index is 1.87. The van der Waals surface area contributed by atoms with E-state index < -0.39 is 23.5 Å². The van der Waals surface area contributed by atoms with E-state index in [1.807, 2.05) is 32.0 Å². The van der Waals surface area contributed by atoms with E-state index in [9.17, 15) is 19.1 Å². The zero-order valence-corrected chi connectivity index (χ0v) is 18.1. The minimum Gasteiger partial charge on any atom is -0.507 e. The monoisotopic (exact) mass is 430 g/mol. The van der Waals surface area contributed by atoms with Crippen LogP contribution in [0.2, 0.25) is 0 Å². The molecule has 162 valence electrons. The van der Waals surface area contributed by atoms with E-state index in [0.29, 0.717) is 11.1 Å². The number of likely N-dealkylation sites (tertiary alicyclic amines) is 1. The number of carbonyl (C=O) groups is 2. The Hall–Kier alpha value is -3.80. The molecule has 0 spiro atoms. The standard InChI is InChI=1S/C26H23FN2O3/c1-15-6-7-16(2)20(11-15)14-29-23(19-5-4-10-28-13-19)22(25(31)26(29)32)24(30)18-8-9-21(27)17(3)12-18/h4-13,23,30H,14H2,1-3H3/b24-22-. The lowest BCUT2D eigenvalue weighted by molar-refractivity contribution is -0.140. The van der Waals surface area contributed by atoms with Gasteiger partial charge in [-0.05, 0) is 67.3 Å². The van der Waals surface area contributed by atoms with Gasteiger partial charge in [-0.15, -0.1) is 0 Å². The Kier molecular flexibility index (Phi) is 5.61. The SMILES string of the molecule is Cc1ccc(C)c(CN2C(=O)C(=O)/C(=C(\O)c3ccc(F)c(C)c3)C2c2cccnc2)c1. The molecule has 1 aliphatic heterocycles. The third kappa shape index (κ3) is 3.80. The fourth-order valence-electron chi connectivity index (χ4n) is 4.03. The average molecular weight is 430 g/mol. The molecular formula is C26H23FN2O3. The van der Waals surface area contributed by atoms with Gasteiger partial charge in [0.2, 0.25) is 0 Å². The van der Waals surface area contributed by atoms with Gasteiger partial charge in [-0.25, -0.2) is 4.39 Å². The van der Waals surface area contributed by atoms with Crippen LogP contribution in [0.1, 0.15) is 39.4 Å². The van der Waals surface area contributed by atoms with Crippen molar-refractivity contribution >= 4 is 17.4 Å². The molecule has 0 bridgehead atoms. The van der Waals surface area contributed by atoms with Gasteiger partial charge >= 0.3 is 0 Å². The molecule has 0 radical (unpaired) electrons. The van der Waals surface area contributed by atoms with E-state index in [4.69, 9.17) is 0 Å². The molecule has 6 heteroatoms. The maximum atomic E-state index is 13.8. The summed E-state index contributed by atoms with van der Waals surface area (Å²) in [6, 6.07) is 12.7. The van der Waals surface area contributed by atoms with Crippen molar-refractivity contribution in [1.29, 1.82) is 0 Å². The predicted octanol–water partition coefficient (Wildman–Crippen LogP) is 4.77. The summed E-state index contributed by atoms with van der Waals surface area (Å²) in [5, 5.41) is 11.1. The molecule has 1 unspecified atom stereocenters. The molecular weight excluding hydrogens is 407 g/mol. The van der Waals surface area contributed by atoms with Crippen LogP contribution >= 0.6 is 0 Å². The molecule has 32 heavy (non-hydrogen) atoms. The summed E-state index contributed by atoms with van der Waals surface area (Å²) in [5.74, 6) is -2.21. The molecule has 0 saturated carbocycles. The fraction of sp³-hybridized carbons (Fsp3) is 0.192. The first-order valence-electron chi connectivity index (χ1n) is 10.3. The van der Waals surface area contributed by atoms with Crippen molar-refractivity contribution in [2.45, 2.75) is 33.4 Å². The first-order valence-corrected chi connectivity index (χ1v) is 10.3. The Labute approximate surface area is 185 Å². The molecule has 1 fully saturated rings. The smallest absolute Gasteiger partial charge is 0.295 e. The highest BCUT2D eigenvalue weighted by Gasteiger charge is 2.46. The number of aliphatic hydroxyl groups is 1. The molecule has 2 heterocycles. The van der Waals surface area contributed by atoms with Crippen LogP contribution in [0.25, 0.3) is 5.76 Å². The van der Waals surface area contributed by atoms with Crippen molar-refractivity contribution in [2.24, 2.45) is 0 Å². The zero-order valence-electron chi connectivity index (χ0n) is 18.1. The van der Waals surface area contributed by atoms with Crippen LogP contribution in [0.4, 0.5) is 4.39 Å². The highest BCUT2D eigenvalue weighted by molar-refractivity contribution is 6.46. The summed E-state index contributed by atoms with van der Waals surface area (Å²) >= 11 is 0. The number of pyridine rings is 1. The molecule has 1 aromatic heterocycles. The number of benzene rings is 2. The van der Waals surface area contributed by atoms with Crippen molar-refractivity contribution in [3.8, 4) is 0 Å². The quantitative estimate of drug-likeness (QED) is 0.368. The number of hydrogen-bond donors (Lipinski definition) is 1. The average Bonchev–Trinajstić information content (AvgIpc) is 3.03. The van der Waals surface area contributed by atoms with Crippen LogP contribution in [0.3, 0.4) is 0 Å². The molecule has 3 aromatic rings. The van der Waals surface area contributed by atoms with Gasteiger partial charge in [-0.2, -0.15) is 0 Å². The van der Waals surface area contributed by atoms with Gasteiger partial charge in [0.15, 0.2) is 0 Å². The van der Waals surface area contributed by atoms with Gasteiger partial charge in [0.1, 0.15) is 11.6 Å². The number of carbonyl (C=O) groups excluding carboxylic acids is 2. The number of aromatic nitrogens is 1. The van der Waals surface area contributed by atoms with E-state index >= 15 is 0 Å². The third-order valence-electron chi connectivity index (χ3n) is 5.82. The van der Waals surface area contributed by atoms with Crippen molar-refractivity contribution in [1.82, 2.24) is 9.88 Å². The van der Waals surface area contributed by atoms with Crippen molar-refractivity contribution < 1.29 is 19.1 Å². The molecule has 1 amide bonds. The van der Waals surface area contributed by atoms with Gasteiger partial charge in [-0.1, -0.05) is 29.8 Å². The molecule has 2 aromatic carbocycles. The second-order valence-corrected chi connectivity index (χ2v) is 8.11. The molecule has 4 rings (SSSR count). The molecule has 1 N–H and O–H groups in total. The first kappa shape index (κ1) is 21.4. The van der Waals surface area contributed by atoms with Crippen LogP contribution in [-0.2, 0) is 16.1 Å². The molecule has 1 saturated heterocycles. The van der Waals surface area contributed by atoms with Crippen LogP contribution in [0.15, 0.2) is 66.5 Å². The number of halogens is 1. The van der Waals surface area contributed by atoms with E-state index in [0.717, 1.165) is 16.7 Å². The van der Waals surface area contributed by atoms with E-state index in [-0.39, 0.29) is 23.4 Å². The van der Waals surface area contributed by atoms with Gasteiger partial charge in [0.05, 0.1) is 11.6 Å². The lowest BCUT2D eigenvalue weighted by atomic mass is 9.95. The van der Waals surface area contributed by atoms with Gasteiger partial charge in [0, 0.05) is 24.5 Å². The number of amides is 1. The first-order chi connectivity index (χ1) is 15.3. The molecule has 5 nitrogen and oxygen atoms in total. The van der Waals surface area contributed by atoms with Gasteiger partial charge in [0.25, 0.3) is 11.7 Å². The second-order valence-electron chi connectivity index (χ2n) is 8.11. The third-order valence-corrected chi connectivity index (χ3v) is 5.82. The van der Waals surface area contributed by atoms with Crippen LogP contribution in [0.5, 0.6) is 0 Å². The second kappa shape index (κ2) is 8.38. The molecule has 0 aliphatic carbocycles. The molecule has 1 atom stereocenters. The Bertz CT molecular complexity index is 1250. The fourth-order valence-corrected chi connectivity index (χ4v) is 4.03. The number of nitrogens with zero attached hydrogens (tertiary/aromatic N) is 2. The van der Waals surface area contributed by atoms with E-state index in [2.05, 4.69) is 4.98 Å². The van der Waals surface area contributed by atoms with Crippen LogP contribution in [0, 0.1) is 26.6 Å². The lowest BCUT2D eigenvalue weighted by Crippen LogP contribution is -2.29. The number of Topliss-reactive ketones (excluding diaryl/α,β-unsaturated/α-hetero) is 1. The number of ketones is 1. The summed E-state index contributed by atoms with van der Waals surface area (Å²) in [6.07, 6.45) is 3.18. The highest BCUT2D eigenvalue weighted by atomic mass is 19.1. The summed E-state index contributed by atoms with van der Waals surface area (Å²) in [7, 11) is 0. The van der Waals surface area contributed by atoms with E-state index in [1.165, 1.54) is 23.1 Å². The minimum atomic E-state index is -0.811. The predicted molar refractivity (Wildman–Crippen MR) is 119 cm³/mol. The normalized spacial score (nSPS) is 17.8. The number of aryl methyl sites for hydroxylation is 3. The lowest BCUT2D eigenvalue weighted by Gasteiger charge is -2.26. The number of rotatable bonds is 4. The largest absolute Gasteiger partial charge is 0.507 e. The molecule has 1 aliphatic rings. The van der Waals surface area contributed by atoms with Gasteiger partial charge in [-0.3, -0.25) is 14.6 Å². The maximum absolute atomic E-state index is 13.8. The van der Waals surface area contributed by atoms with Crippen LogP contribution in [-0.4, -0.2) is 26.7 Å². The van der Waals surface area contributed by atoms with Crippen molar-refractivity contribution in [3.05, 3.63) is 106 Å². The van der Waals surface area contributed by atoms with E-state index in [1.54, 1.807) is 31.5 Å². The van der Waals surface area contributed by atoms with Crippen molar-refractivity contribution in [3.63, 3.8) is 0 Å². The Morgan fingerprint density at radius 2 is 1.84 bits per heavy atom. The summed E-state index contributed by atoms with van der Waals surface area (Å²) in [4.78, 5) is 31.8. The summed E-state index contributed by atoms with van der Waals surface area (Å²) in [5.41, 5.74) is 4.15. The number of aliphatic hydroxyl groups excluding tert-OH is 1. The number of hydrogen-bond acceptors (Lipinski definition) is 4. The topological polar surface area (TPSA) is 70.5 Å². The zero-order chi connectivity index (χ0) is 23.0. The highest BCUT2D eigenvalue weighted by Crippen LogP contribution is 2.40. The summed E-state index contributed by atoms with van der Waals surface area (Å²) < 4.78 is 13.8. The summed E-state index contributed by atoms with van der Waals surface area (Å²) in [6.45, 7) is 5.69. The maximum Gasteiger partial charge on any atom is 0.295 e. The Morgan fingerprint density at radius 1 is 1.06 bits per heavy atom. The van der Waals surface area contributed by atoms with Crippen molar-refractivity contribution in [2.75, 3.05) is 0 Å².